The predicted octanol–water partition coefficient (Wildman–Crippen LogP) is 1.29. The van der Waals surface area contributed by atoms with E-state index < -0.39 is 28.0 Å². The number of benzene rings is 1. The van der Waals surface area contributed by atoms with Gasteiger partial charge in [0.05, 0.1) is 10.8 Å². The summed E-state index contributed by atoms with van der Waals surface area (Å²) in [5.41, 5.74) is 0.847. The first kappa shape index (κ1) is 19.4. The fraction of sp³-hybridized carbons (Fsp3) is 0.529. The number of sulfonamides is 1. The maximum atomic E-state index is 12.1. The van der Waals surface area contributed by atoms with Crippen LogP contribution >= 0.6 is 0 Å². The molecule has 0 radical (unpaired) electrons. The molecule has 1 fully saturated rings. The van der Waals surface area contributed by atoms with Gasteiger partial charge in [0, 0.05) is 18.5 Å². The molecule has 2 rings (SSSR count). The van der Waals surface area contributed by atoms with Gasteiger partial charge < -0.3 is 10.4 Å². The van der Waals surface area contributed by atoms with Crippen LogP contribution in [0.5, 0.6) is 0 Å². The molecule has 2 unspecified atom stereocenters. The molecule has 1 aromatic rings. The Morgan fingerprint density at radius 1 is 1.20 bits per heavy atom. The van der Waals surface area contributed by atoms with Crippen molar-refractivity contribution in [3.63, 3.8) is 0 Å². The molecule has 1 saturated carbocycles. The molecule has 2 atom stereocenters. The van der Waals surface area contributed by atoms with Crippen LogP contribution in [-0.4, -0.2) is 37.5 Å². The minimum Gasteiger partial charge on any atom is -0.481 e. The van der Waals surface area contributed by atoms with E-state index in [-0.39, 0.29) is 23.3 Å². The topological polar surface area (TPSA) is 113 Å². The Bertz CT molecular complexity index is 726. The number of carboxylic acid groups (broad SMARTS) is 1. The molecule has 0 aliphatic heterocycles. The van der Waals surface area contributed by atoms with E-state index in [2.05, 4.69) is 10.0 Å². The molecule has 0 aromatic heterocycles. The first-order valence-electron chi connectivity index (χ1n) is 8.32. The van der Waals surface area contributed by atoms with Crippen LogP contribution in [0.3, 0.4) is 0 Å². The summed E-state index contributed by atoms with van der Waals surface area (Å²) in [5.74, 6) is -1.84. The Balaban J connectivity index is 1.84. The third-order valence-electron chi connectivity index (χ3n) is 4.30. The van der Waals surface area contributed by atoms with Gasteiger partial charge in [-0.15, -0.1) is 0 Å². The Morgan fingerprint density at radius 2 is 1.80 bits per heavy atom. The van der Waals surface area contributed by atoms with E-state index in [9.17, 15) is 18.0 Å². The second-order valence-corrected chi connectivity index (χ2v) is 8.24. The number of nitrogens with one attached hydrogen (secondary N) is 2. The molecule has 1 aromatic carbocycles. The molecule has 3 N–H and O–H groups in total. The van der Waals surface area contributed by atoms with Gasteiger partial charge in [-0.3, -0.25) is 9.59 Å². The van der Waals surface area contributed by atoms with Crippen molar-refractivity contribution in [2.45, 2.75) is 56.5 Å². The van der Waals surface area contributed by atoms with Gasteiger partial charge in [-0.05, 0) is 50.8 Å². The Kier molecular flexibility index (Phi) is 6.18. The average molecular weight is 368 g/mol. The highest BCUT2D eigenvalue weighted by Gasteiger charge is 2.27. The van der Waals surface area contributed by atoms with Gasteiger partial charge in [-0.25, -0.2) is 13.1 Å². The van der Waals surface area contributed by atoms with Crippen LogP contribution in [0.4, 0.5) is 0 Å². The highest BCUT2D eigenvalue weighted by Crippen LogP contribution is 2.22. The number of hydrogen-bond acceptors (Lipinski definition) is 4. The van der Waals surface area contributed by atoms with Gasteiger partial charge in [-0.2, -0.15) is 0 Å². The largest absolute Gasteiger partial charge is 0.481 e. The fourth-order valence-corrected chi connectivity index (χ4v) is 3.55. The maximum Gasteiger partial charge on any atom is 0.308 e. The number of carbonyl (C=O) groups is 2. The first-order chi connectivity index (χ1) is 11.7. The van der Waals surface area contributed by atoms with Crippen LogP contribution in [-0.2, 0) is 26.0 Å². The Hall–Kier alpha value is -1.93. The number of amides is 1. The summed E-state index contributed by atoms with van der Waals surface area (Å²) in [6.45, 7) is 3.20. The molecule has 0 heterocycles. The highest BCUT2D eigenvalue weighted by molar-refractivity contribution is 7.89. The van der Waals surface area contributed by atoms with Crippen molar-refractivity contribution in [1.29, 1.82) is 0 Å². The predicted molar refractivity (Wildman–Crippen MR) is 92.5 cm³/mol. The van der Waals surface area contributed by atoms with E-state index >= 15 is 0 Å². The summed E-state index contributed by atoms with van der Waals surface area (Å²) in [7, 11) is -3.46. The number of aliphatic carboxylic acids is 1. The Labute approximate surface area is 147 Å². The molecule has 0 bridgehead atoms. The number of carboxylic acids is 1. The molecule has 138 valence electrons. The first-order valence-corrected chi connectivity index (χ1v) is 9.81. The Morgan fingerprint density at radius 3 is 2.32 bits per heavy atom. The van der Waals surface area contributed by atoms with Crippen molar-refractivity contribution >= 4 is 21.9 Å². The summed E-state index contributed by atoms with van der Waals surface area (Å²) in [5, 5.41) is 11.6. The van der Waals surface area contributed by atoms with Gasteiger partial charge in [0.2, 0.25) is 15.9 Å². The minimum atomic E-state index is -3.46. The lowest BCUT2D eigenvalue weighted by Crippen LogP contribution is -2.40. The molecule has 7 nitrogen and oxygen atoms in total. The zero-order valence-electron chi connectivity index (χ0n) is 14.4. The highest BCUT2D eigenvalue weighted by atomic mass is 32.2. The third kappa shape index (κ3) is 5.82. The molecule has 0 spiro atoms. The minimum absolute atomic E-state index is 0.0588. The molecule has 1 aliphatic rings. The van der Waals surface area contributed by atoms with E-state index in [0.29, 0.717) is 6.42 Å². The van der Waals surface area contributed by atoms with Gasteiger partial charge >= 0.3 is 5.97 Å². The maximum absolute atomic E-state index is 12.1. The van der Waals surface area contributed by atoms with E-state index in [1.807, 2.05) is 0 Å². The van der Waals surface area contributed by atoms with E-state index in [4.69, 9.17) is 5.11 Å². The SMILES string of the molecule is CC(NC(=O)CCc1ccc(S(=O)(=O)NC2CC2)cc1)C(C)C(=O)O. The third-order valence-corrected chi connectivity index (χ3v) is 5.84. The average Bonchev–Trinajstić information content (AvgIpc) is 3.35. The lowest BCUT2D eigenvalue weighted by Gasteiger charge is -2.17. The number of rotatable bonds is 9. The van der Waals surface area contributed by atoms with Crippen molar-refractivity contribution in [3.05, 3.63) is 29.8 Å². The molecule has 0 saturated heterocycles. The van der Waals surface area contributed by atoms with Gasteiger partial charge in [-0.1, -0.05) is 12.1 Å². The van der Waals surface area contributed by atoms with Crippen molar-refractivity contribution < 1.29 is 23.1 Å². The zero-order chi connectivity index (χ0) is 18.6. The normalized spacial score (nSPS) is 16.9. The summed E-state index contributed by atoms with van der Waals surface area (Å²) < 4.78 is 26.8. The standard InChI is InChI=1S/C17H24N2O5S/c1-11(17(21)22)12(2)18-16(20)10-5-13-3-8-15(9-4-13)25(23,24)19-14-6-7-14/h3-4,8-9,11-12,14,19H,5-7,10H2,1-2H3,(H,18,20)(H,21,22). The van der Waals surface area contributed by atoms with E-state index in [0.717, 1.165) is 18.4 Å². The second-order valence-electron chi connectivity index (χ2n) is 6.52. The number of carbonyl (C=O) groups excluding carboxylic acids is 1. The van der Waals surface area contributed by atoms with Crippen molar-refractivity contribution in [2.24, 2.45) is 5.92 Å². The van der Waals surface area contributed by atoms with Gasteiger partial charge in [0.15, 0.2) is 0 Å². The lowest BCUT2D eigenvalue weighted by atomic mass is 10.0. The molecular weight excluding hydrogens is 344 g/mol. The number of hydrogen-bond donors (Lipinski definition) is 3. The van der Waals surface area contributed by atoms with Crippen molar-refractivity contribution in [3.8, 4) is 0 Å². The van der Waals surface area contributed by atoms with Gasteiger partial charge in [0.25, 0.3) is 0 Å². The van der Waals surface area contributed by atoms with E-state index in [1.165, 1.54) is 12.1 Å². The summed E-state index contributed by atoms with van der Waals surface area (Å²) in [4.78, 5) is 23.0. The molecule has 1 aliphatic carbocycles. The van der Waals surface area contributed by atoms with Crippen LogP contribution in [0.15, 0.2) is 29.2 Å². The summed E-state index contributed by atoms with van der Waals surface area (Å²) in [6, 6.07) is 6.06. The van der Waals surface area contributed by atoms with Gasteiger partial charge in [0.1, 0.15) is 0 Å². The van der Waals surface area contributed by atoms with Crippen LogP contribution in [0.25, 0.3) is 0 Å². The van der Waals surface area contributed by atoms with Crippen LogP contribution in [0.2, 0.25) is 0 Å². The quantitative estimate of drug-likeness (QED) is 0.608. The summed E-state index contributed by atoms with van der Waals surface area (Å²) >= 11 is 0. The van der Waals surface area contributed by atoms with Crippen LogP contribution in [0.1, 0.15) is 38.7 Å². The van der Waals surface area contributed by atoms with Crippen molar-refractivity contribution in [2.75, 3.05) is 0 Å². The second kappa shape index (κ2) is 7.97. The molecular formula is C17H24N2O5S. The molecule has 1 amide bonds. The smallest absolute Gasteiger partial charge is 0.308 e. The zero-order valence-corrected chi connectivity index (χ0v) is 15.2. The van der Waals surface area contributed by atoms with E-state index in [1.54, 1.807) is 26.0 Å². The monoisotopic (exact) mass is 368 g/mol. The lowest BCUT2D eigenvalue weighted by molar-refractivity contribution is -0.142. The van der Waals surface area contributed by atoms with Crippen LogP contribution < -0.4 is 10.0 Å². The number of aryl methyl sites for hydroxylation is 1. The van der Waals surface area contributed by atoms with Crippen LogP contribution in [0, 0.1) is 5.92 Å². The summed E-state index contributed by atoms with van der Waals surface area (Å²) in [6.07, 6.45) is 2.43. The fourth-order valence-electron chi connectivity index (χ4n) is 2.25. The molecule has 8 heteroatoms. The molecule has 25 heavy (non-hydrogen) atoms. The van der Waals surface area contributed by atoms with Crippen molar-refractivity contribution in [1.82, 2.24) is 10.0 Å².